The van der Waals surface area contributed by atoms with Gasteiger partial charge in [-0.3, -0.25) is 0 Å². The van der Waals surface area contributed by atoms with Crippen molar-refractivity contribution in [2.75, 3.05) is 21.3 Å². The Morgan fingerprint density at radius 1 is 0.838 bits per heavy atom. The fourth-order valence-corrected chi connectivity index (χ4v) is 6.63. The molecule has 0 radical (unpaired) electrons. The Labute approximate surface area is 229 Å². The molecule has 214 valence electrons. The summed E-state index contributed by atoms with van der Waals surface area (Å²) in [6.07, 6.45) is 3.23. The minimum absolute atomic E-state index is 0.0447. The largest absolute Gasteiger partial charge is 0.497 e. The van der Waals surface area contributed by atoms with E-state index >= 15 is 0 Å². The van der Waals surface area contributed by atoms with Crippen LogP contribution in [0.25, 0.3) is 0 Å². The number of benzene rings is 1. The van der Waals surface area contributed by atoms with E-state index in [0.29, 0.717) is 23.5 Å². The lowest BCUT2D eigenvalue weighted by atomic mass is 9.96. The molecule has 1 rings (SSSR count). The lowest BCUT2D eigenvalue weighted by Gasteiger charge is -2.42. The molecular formula is C29H54O6Si2. The SMILES string of the molecule is CCCC(C[C@H](Cc1cc(OC)cc(OC)c1C(=O)OC)O[Si](C)(C)C(C)(C)C)O[Si](C)(C)C(C)(C)C. The zero-order valence-corrected chi connectivity index (χ0v) is 28.1. The third kappa shape index (κ3) is 9.11. The third-order valence-electron chi connectivity index (χ3n) is 8.12. The molecule has 0 saturated heterocycles. The van der Waals surface area contributed by atoms with Crippen LogP contribution < -0.4 is 9.47 Å². The predicted octanol–water partition coefficient (Wildman–Crippen LogP) is 8.00. The van der Waals surface area contributed by atoms with Crippen molar-refractivity contribution in [1.82, 2.24) is 0 Å². The van der Waals surface area contributed by atoms with Crippen LogP contribution in [0.4, 0.5) is 0 Å². The minimum atomic E-state index is -2.13. The minimum Gasteiger partial charge on any atom is -0.497 e. The van der Waals surface area contributed by atoms with E-state index in [1.165, 1.54) is 7.11 Å². The highest BCUT2D eigenvalue weighted by atomic mass is 28.4. The molecule has 1 aromatic rings. The number of esters is 1. The molecule has 0 N–H and O–H groups in total. The van der Waals surface area contributed by atoms with Crippen molar-refractivity contribution >= 4 is 22.6 Å². The number of hydrogen-bond acceptors (Lipinski definition) is 6. The van der Waals surface area contributed by atoms with Gasteiger partial charge in [0.15, 0.2) is 16.6 Å². The van der Waals surface area contributed by atoms with Crippen LogP contribution in [0.2, 0.25) is 36.3 Å². The third-order valence-corrected chi connectivity index (χ3v) is 17.2. The molecule has 0 bridgehead atoms. The smallest absolute Gasteiger partial charge is 0.341 e. The molecule has 0 amide bonds. The van der Waals surface area contributed by atoms with Crippen LogP contribution in [0.5, 0.6) is 11.5 Å². The van der Waals surface area contributed by atoms with E-state index in [1.54, 1.807) is 20.3 Å². The van der Waals surface area contributed by atoms with Crippen LogP contribution in [-0.4, -0.2) is 56.1 Å². The first-order chi connectivity index (χ1) is 16.8. The van der Waals surface area contributed by atoms with Gasteiger partial charge in [-0.15, -0.1) is 0 Å². The zero-order valence-electron chi connectivity index (χ0n) is 26.1. The number of carbonyl (C=O) groups excluding carboxylic acids is 1. The lowest BCUT2D eigenvalue weighted by Crippen LogP contribution is -2.47. The van der Waals surface area contributed by atoms with Crippen molar-refractivity contribution in [2.45, 2.75) is 123 Å². The van der Waals surface area contributed by atoms with Gasteiger partial charge in [0.25, 0.3) is 0 Å². The molecule has 8 heteroatoms. The topological polar surface area (TPSA) is 63.2 Å². The van der Waals surface area contributed by atoms with Crippen LogP contribution >= 0.6 is 0 Å². The van der Waals surface area contributed by atoms with Crippen LogP contribution in [0.1, 0.15) is 83.7 Å². The van der Waals surface area contributed by atoms with E-state index in [9.17, 15) is 4.79 Å². The van der Waals surface area contributed by atoms with Crippen LogP contribution in [0.15, 0.2) is 12.1 Å². The molecule has 0 spiro atoms. The number of ether oxygens (including phenoxy) is 3. The van der Waals surface area contributed by atoms with Gasteiger partial charge in [0.1, 0.15) is 17.1 Å². The molecular weight excluding hydrogens is 500 g/mol. The second-order valence-corrected chi connectivity index (χ2v) is 22.6. The summed E-state index contributed by atoms with van der Waals surface area (Å²) in [7, 11) is 0.454. The Bertz CT molecular complexity index is 884. The van der Waals surface area contributed by atoms with E-state index in [1.807, 2.05) is 6.07 Å². The van der Waals surface area contributed by atoms with Gasteiger partial charge in [0.2, 0.25) is 0 Å². The van der Waals surface area contributed by atoms with Crippen molar-refractivity contribution in [3.8, 4) is 11.5 Å². The maximum atomic E-state index is 12.9. The van der Waals surface area contributed by atoms with Crippen molar-refractivity contribution < 1.29 is 27.9 Å². The average Bonchev–Trinajstić information content (AvgIpc) is 2.75. The van der Waals surface area contributed by atoms with Gasteiger partial charge in [0.05, 0.1) is 27.4 Å². The van der Waals surface area contributed by atoms with E-state index < -0.39 is 22.6 Å². The number of methoxy groups -OCH3 is 3. The summed E-state index contributed by atoms with van der Waals surface area (Å²) >= 11 is 0. The second kappa shape index (κ2) is 13.1. The van der Waals surface area contributed by atoms with E-state index in [4.69, 9.17) is 23.1 Å². The number of hydrogen-bond donors (Lipinski definition) is 0. The van der Waals surface area contributed by atoms with Gasteiger partial charge in [-0.05, 0) is 67.2 Å². The van der Waals surface area contributed by atoms with Crippen molar-refractivity contribution in [1.29, 1.82) is 0 Å². The maximum Gasteiger partial charge on any atom is 0.341 e. The molecule has 0 aliphatic rings. The summed E-state index contributed by atoms with van der Waals surface area (Å²) in [6.45, 7) is 24.9. The molecule has 0 aromatic heterocycles. The van der Waals surface area contributed by atoms with Gasteiger partial charge in [-0.1, -0.05) is 54.9 Å². The first-order valence-electron chi connectivity index (χ1n) is 13.5. The Balaban J connectivity index is 3.58. The maximum absolute atomic E-state index is 12.9. The Morgan fingerprint density at radius 2 is 1.35 bits per heavy atom. The molecule has 1 unspecified atom stereocenters. The molecule has 1 aromatic carbocycles. The first-order valence-corrected chi connectivity index (χ1v) is 19.3. The normalized spacial score (nSPS) is 14.8. The van der Waals surface area contributed by atoms with Gasteiger partial charge in [-0.25, -0.2) is 4.79 Å². The summed E-state index contributed by atoms with van der Waals surface area (Å²) in [6, 6.07) is 3.63. The van der Waals surface area contributed by atoms with Crippen LogP contribution in [-0.2, 0) is 20.0 Å². The molecule has 2 atom stereocenters. The summed E-state index contributed by atoms with van der Waals surface area (Å²) in [5, 5.41) is 0.163. The average molecular weight is 555 g/mol. The molecule has 0 heterocycles. The number of carbonyl (C=O) groups is 1. The van der Waals surface area contributed by atoms with E-state index in [0.717, 1.165) is 24.8 Å². The van der Waals surface area contributed by atoms with Crippen molar-refractivity contribution in [2.24, 2.45) is 0 Å². The highest BCUT2D eigenvalue weighted by Crippen LogP contribution is 2.41. The first kappa shape index (κ1) is 33.7. The standard InChI is InChI=1S/C29H54O6Si2/c1-15-16-22(34-36(11,12)28(2,3)4)19-24(35-37(13,14)29(5,6)7)18-21-17-23(31-8)20-25(32-9)26(21)27(30)33-10/h17,20,22,24H,15-16,18-19H2,1-14H3/t22?,24-/m0/s1. The molecule has 6 nitrogen and oxygen atoms in total. The van der Waals surface area contributed by atoms with E-state index in [-0.39, 0.29) is 22.3 Å². The lowest BCUT2D eigenvalue weighted by molar-refractivity contribution is 0.0593. The summed E-state index contributed by atoms with van der Waals surface area (Å²) < 4.78 is 30.2. The molecule has 37 heavy (non-hydrogen) atoms. The van der Waals surface area contributed by atoms with Crippen molar-refractivity contribution in [3.05, 3.63) is 23.3 Å². The van der Waals surface area contributed by atoms with Crippen LogP contribution in [0.3, 0.4) is 0 Å². The highest BCUT2D eigenvalue weighted by Gasteiger charge is 2.42. The quantitative estimate of drug-likeness (QED) is 0.182. The monoisotopic (exact) mass is 554 g/mol. The number of rotatable bonds is 13. The Hall–Kier alpha value is -1.36. The molecule has 0 saturated carbocycles. The van der Waals surface area contributed by atoms with Gasteiger partial charge >= 0.3 is 5.97 Å². The fourth-order valence-electron chi connectivity index (χ4n) is 3.86. The summed E-state index contributed by atoms with van der Waals surface area (Å²) in [5.74, 6) is 0.645. The summed E-state index contributed by atoms with van der Waals surface area (Å²) in [4.78, 5) is 12.9. The predicted molar refractivity (Wildman–Crippen MR) is 158 cm³/mol. The van der Waals surface area contributed by atoms with Gasteiger partial charge < -0.3 is 23.1 Å². The molecule has 0 aliphatic carbocycles. The fraction of sp³-hybridized carbons (Fsp3) is 0.759. The summed E-state index contributed by atoms with van der Waals surface area (Å²) in [5.41, 5.74) is 1.22. The molecule has 0 aliphatic heterocycles. The van der Waals surface area contributed by atoms with Crippen LogP contribution in [0, 0.1) is 0 Å². The Kier molecular flexibility index (Phi) is 12.0. The second-order valence-electron chi connectivity index (χ2n) is 13.1. The van der Waals surface area contributed by atoms with Gasteiger partial charge in [-0.2, -0.15) is 0 Å². The highest BCUT2D eigenvalue weighted by molar-refractivity contribution is 6.74. The molecule has 0 fully saturated rings. The Morgan fingerprint density at radius 3 is 1.76 bits per heavy atom. The zero-order chi connectivity index (χ0) is 28.8. The van der Waals surface area contributed by atoms with Gasteiger partial charge in [0, 0.05) is 12.2 Å². The van der Waals surface area contributed by atoms with E-state index in [2.05, 4.69) is 74.7 Å². The van der Waals surface area contributed by atoms with Crippen molar-refractivity contribution in [3.63, 3.8) is 0 Å².